The van der Waals surface area contributed by atoms with E-state index in [0.29, 0.717) is 32.6 Å². The molecule has 2 aromatic rings. The number of hydrogen-bond donors (Lipinski definition) is 1. The van der Waals surface area contributed by atoms with Crippen LogP contribution in [0.3, 0.4) is 0 Å². The molecule has 0 spiro atoms. The van der Waals surface area contributed by atoms with Crippen molar-refractivity contribution in [3.05, 3.63) is 52.6 Å². The molecular formula is C16H10O4S2. The number of carboxylic acid groups (broad SMARTS) is 1. The molecule has 0 radical (unpaired) electrons. The molecule has 1 fully saturated rings. The minimum Gasteiger partial charge on any atom is -0.478 e. The van der Waals surface area contributed by atoms with Crippen LogP contribution in [-0.4, -0.2) is 21.1 Å². The highest BCUT2D eigenvalue weighted by atomic mass is 32.2. The topological polar surface area (TPSA) is 67.5 Å². The summed E-state index contributed by atoms with van der Waals surface area (Å²) in [4.78, 5) is 23.3. The van der Waals surface area contributed by atoms with E-state index in [4.69, 9.17) is 21.7 Å². The Kier molecular flexibility index (Phi) is 3.96. The van der Waals surface area contributed by atoms with Crippen molar-refractivity contribution in [3.8, 4) is 11.3 Å². The van der Waals surface area contributed by atoms with Crippen molar-refractivity contribution in [1.29, 1.82) is 0 Å². The number of carbonyl (C=O) groups is 2. The summed E-state index contributed by atoms with van der Waals surface area (Å²) in [5.41, 5.74) is 0.867. The first-order valence-corrected chi connectivity index (χ1v) is 7.64. The number of carbonyl (C=O) groups excluding carboxylic acids is 1. The lowest BCUT2D eigenvalue weighted by molar-refractivity contribution is -0.113. The Hall–Kier alpha value is -2.18. The van der Waals surface area contributed by atoms with Crippen molar-refractivity contribution >= 4 is 46.0 Å². The number of thioether (sulfide) groups is 1. The van der Waals surface area contributed by atoms with Crippen molar-refractivity contribution in [1.82, 2.24) is 0 Å². The summed E-state index contributed by atoms with van der Waals surface area (Å²) in [6, 6.07) is 9.98. The van der Waals surface area contributed by atoms with Gasteiger partial charge >= 0.3 is 5.97 Å². The van der Waals surface area contributed by atoms with Gasteiger partial charge in [0.25, 0.3) is 0 Å². The molecule has 0 atom stereocenters. The zero-order chi connectivity index (χ0) is 15.7. The zero-order valence-electron chi connectivity index (χ0n) is 11.2. The van der Waals surface area contributed by atoms with E-state index in [-0.39, 0.29) is 11.3 Å². The van der Waals surface area contributed by atoms with Crippen LogP contribution in [0.1, 0.15) is 22.5 Å². The van der Waals surface area contributed by atoms with Crippen LogP contribution in [-0.2, 0) is 4.79 Å². The van der Waals surface area contributed by atoms with Crippen LogP contribution in [0.2, 0.25) is 0 Å². The number of benzene rings is 1. The highest BCUT2D eigenvalue weighted by molar-refractivity contribution is 8.27. The maximum Gasteiger partial charge on any atom is 0.335 e. The summed E-state index contributed by atoms with van der Waals surface area (Å²) in [6.07, 6.45) is 1.96. The van der Waals surface area contributed by atoms with Crippen LogP contribution in [0, 0.1) is 0 Å². The van der Waals surface area contributed by atoms with E-state index < -0.39 is 5.97 Å². The largest absolute Gasteiger partial charge is 0.478 e. The molecule has 0 bridgehead atoms. The first-order chi connectivity index (χ1) is 10.5. The lowest BCUT2D eigenvalue weighted by Crippen LogP contribution is -1.95. The molecule has 1 aromatic heterocycles. The van der Waals surface area contributed by atoms with Crippen molar-refractivity contribution in [3.63, 3.8) is 0 Å². The van der Waals surface area contributed by atoms with E-state index in [1.165, 1.54) is 17.8 Å². The first kappa shape index (κ1) is 14.7. The highest BCUT2D eigenvalue weighted by Crippen LogP contribution is 2.33. The smallest absolute Gasteiger partial charge is 0.335 e. The van der Waals surface area contributed by atoms with Crippen LogP contribution in [0.4, 0.5) is 0 Å². The van der Waals surface area contributed by atoms with Gasteiger partial charge in [0.05, 0.1) is 21.1 Å². The number of Topliss-reactive ketones (excluding diaryl/α,β-unsaturated/α-hetero) is 1. The monoisotopic (exact) mass is 330 g/mol. The third-order valence-corrected chi connectivity index (χ3v) is 4.43. The molecule has 6 heteroatoms. The molecule has 0 saturated carbocycles. The summed E-state index contributed by atoms with van der Waals surface area (Å²) in [5.74, 6) is 0.0993. The van der Waals surface area contributed by atoms with Crippen molar-refractivity contribution in [2.75, 3.05) is 0 Å². The standard InChI is InChI=1S/C16H10O4S2/c17-12-8-15(21)22-14(12)7-11-4-5-13(20-11)9-2-1-3-10(6-9)16(18)19/h1-7H,8H2,(H,18,19)/b14-7-. The Bertz CT molecular complexity index is 817. The molecule has 1 aliphatic rings. The fourth-order valence-electron chi connectivity index (χ4n) is 2.06. The third-order valence-electron chi connectivity index (χ3n) is 3.10. The number of rotatable bonds is 3. The summed E-state index contributed by atoms with van der Waals surface area (Å²) in [5, 5.41) is 9.01. The molecule has 2 heterocycles. The fraction of sp³-hybridized carbons (Fsp3) is 0.0625. The average Bonchev–Trinajstić information content (AvgIpc) is 3.06. The van der Waals surface area contributed by atoms with Gasteiger partial charge in [0.15, 0.2) is 5.78 Å². The number of carboxylic acids is 1. The number of aromatic carboxylic acids is 1. The van der Waals surface area contributed by atoms with Gasteiger partial charge in [-0.2, -0.15) is 0 Å². The Morgan fingerprint density at radius 3 is 2.82 bits per heavy atom. The van der Waals surface area contributed by atoms with E-state index >= 15 is 0 Å². The number of ketones is 1. The minimum atomic E-state index is -0.989. The van der Waals surface area contributed by atoms with E-state index in [9.17, 15) is 9.59 Å². The van der Waals surface area contributed by atoms with Crippen molar-refractivity contribution < 1.29 is 19.1 Å². The predicted molar refractivity (Wildman–Crippen MR) is 88.9 cm³/mol. The van der Waals surface area contributed by atoms with Gasteiger partial charge in [-0.3, -0.25) is 4.79 Å². The number of allylic oxidation sites excluding steroid dienone is 1. The Labute approximate surface area is 135 Å². The summed E-state index contributed by atoms with van der Waals surface area (Å²) in [6.45, 7) is 0. The average molecular weight is 330 g/mol. The normalized spacial score (nSPS) is 16.5. The number of furan rings is 1. The van der Waals surface area contributed by atoms with Gasteiger partial charge in [-0.1, -0.05) is 36.1 Å². The Morgan fingerprint density at radius 2 is 2.14 bits per heavy atom. The summed E-state index contributed by atoms with van der Waals surface area (Å²) in [7, 11) is 0. The molecule has 1 saturated heterocycles. The molecule has 1 aromatic carbocycles. The SMILES string of the molecule is O=C1CC(=S)S/C1=C\c1ccc(-c2cccc(C(=O)O)c2)o1. The molecule has 1 aliphatic heterocycles. The molecule has 4 nitrogen and oxygen atoms in total. The first-order valence-electron chi connectivity index (χ1n) is 6.42. The second kappa shape index (κ2) is 5.90. The van der Waals surface area contributed by atoms with E-state index in [0.717, 1.165) is 0 Å². The maximum absolute atomic E-state index is 11.7. The molecule has 110 valence electrons. The van der Waals surface area contributed by atoms with Crippen LogP contribution in [0.25, 0.3) is 17.4 Å². The van der Waals surface area contributed by atoms with Gasteiger partial charge < -0.3 is 9.52 Å². The van der Waals surface area contributed by atoms with Gasteiger partial charge in [0, 0.05) is 5.56 Å². The molecule has 1 N–H and O–H groups in total. The third kappa shape index (κ3) is 3.03. The second-order valence-electron chi connectivity index (χ2n) is 4.67. The van der Waals surface area contributed by atoms with E-state index in [2.05, 4.69) is 0 Å². The predicted octanol–water partition coefficient (Wildman–Crippen LogP) is 4.02. The quantitative estimate of drug-likeness (QED) is 0.677. The summed E-state index contributed by atoms with van der Waals surface area (Å²) < 4.78 is 6.34. The molecule has 0 unspecified atom stereocenters. The highest BCUT2D eigenvalue weighted by Gasteiger charge is 2.23. The molecule has 0 amide bonds. The van der Waals surface area contributed by atoms with Gasteiger partial charge in [0.2, 0.25) is 0 Å². The number of thiocarbonyl (C=S) groups is 1. The van der Waals surface area contributed by atoms with Gasteiger partial charge in [0.1, 0.15) is 11.5 Å². The zero-order valence-corrected chi connectivity index (χ0v) is 12.9. The summed E-state index contributed by atoms with van der Waals surface area (Å²) >= 11 is 6.31. The van der Waals surface area contributed by atoms with Gasteiger partial charge in [-0.25, -0.2) is 4.79 Å². The van der Waals surface area contributed by atoms with Crippen LogP contribution < -0.4 is 0 Å². The van der Waals surface area contributed by atoms with E-state index in [1.807, 2.05) is 0 Å². The number of hydrogen-bond acceptors (Lipinski definition) is 5. The van der Waals surface area contributed by atoms with Crippen molar-refractivity contribution in [2.24, 2.45) is 0 Å². The Balaban J connectivity index is 1.90. The lowest BCUT2D eigenvalue weighted by atomic mass is 10.1. The van der Waals surface area contributed by atoms with Gasteiger partial charge in [-0.15, -0.1) is 0 Å². The fourth-order valence-corrected chi connectivity index (χ4v) is 3.27. The molecule has 22 heavy (non-hydrogen) atoms. The van der Waals surface area contributed by atoms with Crippen LogP contribution in [0.15, 0.2) is 45.7 Å². The maximum atomic E-state index is 11.7. The van der Waals surface area contributed by atoms with Gasteiger partial charge in [-0.05, 0) is 30.3 Å². The lowest BCUT2D eigenvalue weighted by Gasteiger charge is -1.99. The molecule has 0 aliphatic carbocycles. The van der Waals surface area contributed by atoms with Crippen LogP contribution >= 0.6 is 24.0 Å². The minimum absolute atomic E-state index is 0.000763. The van der Waals surface area contributed by atoms with E-state index in [1.54, 1.807) is 36.4 Å². The molecule has 3 rings (SSSR count). The Morgan fingerprint density at radius 1 is 1.32 bits per heavy atom. The van der Waals surface area contributed by atoms with Crippen molar-refractivity contribution in [2.45, 2.75) is 6.42 Å². The van der Waals surface area contributed by atoms with Crippen LogP contribution in [0.5, 0.6) is 0 Å². The molecular weight excluding hydrogens is 320 g/mol. The second-order valence-corrected chi connectivity index (χ2v) is 6.56.